The van der Waals surface area contributed by atoms with Gasteiger partial charge in [-0.3, -0.25) is 9.36 Å². The SMILES string of the molecule is CSc1nccn1-c1cccc(C(=O)Nc2ccccc2N2CCOCC2)c1. The molecule has 6 nitrogen and oxygen atoms in total. The van der Waals surface area contributed by atoms with Crippen LogP contribution in [0.3, 0.4) is 0 Å². The van der Waals surface area contributed by atoms with Crippen LogP contribution in [0.1, 0.15) is 10.4 Å². The van der Waals surface area contributed by atoms with Gasteiger partial charge in [0.1, 0.15) is 0 Å². The highest BCUT2D eigenvalue weighted by Crippen LogP contribution is 2.27. The molecule has 28 heavy (non-hydrogen) atoms. The van der Waals surface area contributed by atoms with Crippen molar-refractivity contribution in [1.82, 2.24) is 9.55 Å². The van der Waals surface area contributed by atoms with Gasteiger partial charge in [0.15, 0.2) is 5.16 Å². The molecule has 1 fully saturated rings. The monoisotopic (exact) mass is 394 g/mol. The maximum Gasteiger partial charge on any atom is 0.255 e. The maximum absolute atomic E-state index is 12.9. The first kappa shape index (κ1) is 18.6. The molecule has 0 atom stereocenters. The molecule has 0 radical (unpaired) electrons. The zero-order valence-corrected chi connectivity index (χ0v) is 16.5. The zero-order chi connectivity index (χ0) is 19.3. The van der Waals surface area contributed by atoms with Gasteiger partial charge in [-0.15, -0.1) is 0 Å². The van der Waals surface area contributed by atoms with Crippen LogP contribution in [0.15, 0.2) is 66.1 Å². The summed E-state index contributed by atoms with van der Waals surface area (Å²) in [4.78, 5) is 19.5. The summed E-state index contributed by atoms with van der Waals surface area (Å²) in [7, 11) is 0. The molecule has 1 amide bonds. The standard InChI is InChI=1S/C21H22N4O2S/c1-28-21-22-9-10-25(21)17-6-4-5-16(15-17)20(26)23-18-7-2-3-8-19(18)24-11-13-27-14-12-24/h2-10,15H,11-14H2,1H3,(H,23,26). The van der Waals surface area contributed by atoms with E-state index in [2.05, 4.69) is 15.2 Å². The number of carbonyl (C=O) groups excluding carboxylic acids is 1. The fourth-order valence-corrected chi connectivity index (χ4v) is 3.82. The number of nitrogens with zero attached hydrogens (tertiary/aromatic N) is 3. The topological polar surface area (TPSA) is 59.4 Å². The summed E-state index contributed by atoms with van der Waals surface area (Å²) >= 11 is 1.57. The summed E-state index contributed by atoms with van der Waals surface area (Å²) in [5, 5.41) is 3.96. The van der Waals surface area contributed by atoms with Crippen molar-refractivity contribution in [2.24, 2.45) is 0 Å². The van der Waals surface area contributed by atoms with E-state index in [1.54, 1.807) is 18.0 Å². The van der Waals surface area contributed by atoms with E-state index in [0.717, 1.165) is 35.3 Å². The Morgan fingerprint density at radius 1 is 1.14 bits per heavy atom. The van der Waals surface area contributed by atoms with Crippen LogP contribution < -0.4 is 10.2 Å². The second-order valence-electron chi connectivity index (χ2n) is 6.40. The molecule has 3 aromatic rings. The third-order valence-corrected chi connectivity index (χ3v) is 5.35. The molecule has 1 aromatic heterocycles. The van der Waals surface area contributed by atoms with Crippen LogP contribution in [0, 0.1) is 0 Å². The van der Waals surface area contributed by atoms with Crippen LogP contribution in [0.25, 0.3) is 5.69 Å². The Morgan fingerprint density at radius 3 is 2.79 bits per heavy atom. The van der Waals surface area contributed by atoms with E-state index in [0.29, 0.717) is 18.8 Å². The van der Waals surface area contributed by atoms with E-state index >= 15 is 0 Å². The number of amides is 1. The van der Waals surface area contributed by atoms with E-state index in [1.807, 2.05) is 65.6 Å². The molecule has 1 N–H and O–H groups in total. The number of rotatable bonds is 5. The summed E-state index contributed by atoms with van der Waals surface area (Å²) in [5.74, 6) is -0.131. The first-order valence-electron chi connectivity index (χ1n) is 9.17. The van der Waals surface area contributed by atoms with Crippen molar-refractivity contribution in [2.75, 3.05) is 42.8 Å². The molecule has 2 heterocycles. The minimum absolute atomic E-state index is 0.131. The summed E-state index contributed by atoms with van der Waals surface area (Å²) in [6.45, 7) is 3.04. The number of morpholine rings is 1. The first-order chi connectivity index (χ1) is 13.8. The Bertz CT molecular complexity index is 966. The Balaban J connectivity index is 1.57. The first-order valence-corrected chi connectivity index (χ1v) is 10.4. The van der Waals surface area contributed by atoms with Crippen molar-refractivity contribution in [3.05, 3.63) is 66.5 Å². The number of imidazole rings is 1. The lowest BCUT2D eigenvalue weighted by molar-refractivity contribution is 0.102. The van der Waals surface area contributed by atoms with E-state index < -0.39 is 0 Å². The highest BCUT2D eigenvalue weighted by Gasteiger charge is 2.16. The predicted molar refractivity (Wildman–Crippen MR) is 113 cm³/mol. The third-order valence-electron chi connectivity index (χ3n) is 4.68. The van der Waals surface area contributed by atoms with Gasteiger partial charge in [0.2, 0.25) is 0 Å². The Labute approximate surface area is 168 Å². The molecular formula is C21H22N4O2S. The molecule has 2 aromatic carbocycles. The Hall–Kier alpha value is -2.77. The quantitative estimate of drug-likeness (QED) is 0.669. The highest BCUT2D eigenvalue weighted by atomic mass is 32.2. The van der Waals surface area contributed by atoms with Gasteiger partial charge in [-0.05, 0) is 36.6 Å². The molecule has 0 bridgehead atoms. The lowest BCUT2D eigenvalue weighted by Crippen LogP contribution is -2.36. The maximum atomic E-state index is 12.9. The van der Waals surface area contributed by atoms with Crippen LogP contribution in [0.2, 0.25) is 0 Å². The number of carbonyl (C=O) groups is 1. The number of aromatic nitrogens is 2. The summed E-state index contributed by atoms with van der Waals surface area (Å²) in [6.07, 6.45) is 5.64. The second kappa shape index (κ2) is 8.50. The summed E-state index contributed by atoms with van der Waals surface area (Å²) < 4.78 is 7.42. The predicted octanol–water partition coefficient (Wildman–Crippen LogP) is 3.68. The number of thioether (sulfide) groups is 1. The largest absolute Gasteiger partial charge is 0.378 e. The highest BCUT2D eigenvalue weighted by molar-refractivity contribution is 7.98. The Morgan fingerprint density at radius 2 is 1.96 bits per heavy atom. The summed E-state index contributed by atoms with van der Waals surface area (Å²) in [5.41, 5.74) is 3.35. The minimum atomic E-state index is -0.131. The van der Waals surface area contributed by atoms with E-state index in [9.17, 15) is 4.79 Å². The Kier molecular flexibility index (Phi) is 5.64. The fraction of sp³-hybridized carbons (Fsp3) is 0.238. The normalized spacial score (nSPS) is 14.1. The molecule has 1 aliphatic rings. The molecule has 1 saturated heterocycles. The number of nitrogens with one attached hydrogen (secondary N) is 1. The van der Waals surface area contributed by atoms with Gasteiger partial charge in [0.05, 0.1) is 24.6 Å². The average Bonchev–Trinajstić information content (AvgIpc) is 3.24. The van der Waals surface area contributed by atoms with Crippen LogP contribution in [-0.4, -0.2) is 48.0 Å². The van der Waals surface area contributed by atoms with Gasteiger partial charge in [-0.25, -0.2) is 4.98 Å². The van der Waals surface area contributed by atoms with Crippen molar-refractivity contribution in [1.29, 1.82) is 0 Å². The number of para-hydroxylation sites is 2. The summed E-state index contributed by atoms with van der Waals surface area (Å²) in [6, 6.07) is 15.5. The van der Waals surface area contributed by atoms with Gasteiger partial charge in [0, 0.05) is 36.7 Å². The average molecular weight is 395 g/mol. The second-order valence-corrected chi connectivity index (χ2v) is 7.18. The lowest BCUT2D eigenvalue weighted by Gasteiger charge is -2.30. The molecule has 4 rings (SSSR count). The molecule has 0 unspecified atom stereocenters. The van der Waals surface area contributed by atoms with Gasteiger partial charge in [-0.2, -0.15) is 0 Å². The molecular weight excluding hydrogens is 372 g/mol. The molecule has 0 aliphatic carbocycles. The zero-order valence-electron chi connectivity index (χ0n) is 15.7. The van der Waals surface area contributed by atoms with Crippen LogP contribution in [0.4, 0.5) is 11.4 Å². The number of hydrogen-bond acceptors (Lipinski definition) is 5. The smallest absolute Gasteiger partial charge is 0.255 e. The molecule has 144 valence electrons. The van der Waals surface area contributed by atoms with Gasteiger partial charge in [-0.1, -0.05) is 30.0 Å². The van der Waals surface area contributed by atoms with Gasteiger partial charge < -0.3 is 15.0 Å². The molecule has 0 saturated carbocycles. The van der Waals surface area contributed by atoms with Crippen LogP contribution >= 0.6 is 11.8 Å². The van der Waals surface area contributed by atoms with E-state index in [1.165, 1.54) is 0 Å². The fourth-order valence-electron chi connectivity index (χ4n) is 3.29. The number of ether oxygens (including phenoxy) is 1. The van der Waals surface area contributed by atoms with Crippen molar-refractivity contribution in [3.8, 4) is 5.69 Å². The minimum Gasteiger partial charge on any atom is -0.378 e. The third kappa shape index (κ3) is 3.90. The lowest BCUT2D eigenvalue weighted by atomic mass is 10.1. The van der Waals surface area contributed by atoms with Crippen molar-refractivity contribution >= 4 is 29.0 Å². The van der Waals surface area contributed by atoms with Crippen LogP contribution in [-0.2, 0) is 4.74 Å². The van der Waals surface area contributed by atoms with Crippen molar-refractivity contribution in [2.45, 2.75) is 5.16 Å². The van der Waals surface area contributed by atoms with E-state index in [-0.39, 0.29) is 5.91 Å². The van der Waals surface area contributed by atoms with Crippen LogP contribution in [0.5, 0.6) is 0 Å². The van der Waals surface area contributed by atoms with Gasteiger partial charge in [0.25, 0.3) is 5.91 Å². The van der Waals surface area contributed by atoms with Crippen molar-refractivity contribution < 1.29 is 9.53 Å². The van der Waals surface area contributed by atoms with Crippen molar-refractivity contribution in [3.63, 3.8) is 0 Å². The number of anilines is 2. The molecule has 0 spiro atoms. The van der Waals surface area contributed by atoms with E-state index in [4.69, 9.17) is 4.74 Å². The molecule has 7 heteroatoms. The van der Waals surface area contributed by atoms with Gasteiger partial charge >= 0.3 is 0 Å². The molecule has 1 aliphatic heterocycles. The number of benzene rings is 2. The number of hydrogen-bond donors (Lipinski definition) is 1.